The second-order valence-corrected chi connectivity index (χ2v) is 6.41. The molecule has 4 aromatic rings. The summed E-state index contributed by atoms with van der Waals surface area (Å²) >= 11 is 1.67. The summed E-state index contributed by atoms with van der Waals surface area (Å²) in [7, 11) is 0. The molecule has 0 radical (unpaired) electrons. The summed E-state index contributed by atoms with van der Waals surface area (Å²) in [5, 5.41) is 10.2. The van der Waals surface area contributed by atoms with Crippen LogP contribution in [-0.2, 0) is 0 Å². The van der Waals surface area contributed by atoms with Crippen molar-refractivity contribution in [2.75, 3.05) is 0 Å². The average molecular weight is 306 g/mol. The number of thiophene rings is 1. The van der Waals surface area contributed by atoms with E-state index in [-0.39, 0.29) is 5.75 Å². The third kappa shape index (κ3) is 2.00. The van der Waals surface area contributed by atoms with Crippen LogP contribution in [0.1, 0.15) is 4.88 Å². The SMILES string of the molecule is Cc1cc2c(nc(-c3ccccc3O)n2-c2ccccc2)s1. The third-order valence-corrected chi connectivity index (χ3v) is 4.57. The number of rotatable bonds is 2. The molecular formula is C18H14N2OS. The van der Waals surface area contributed by atoms with Crippen LogP contribution in [0, 0.1) is 6.92 Å². The van der Waals surface area contributed by atoms with Crippen LogP contribution in [0.4, 0.5) is 0 Å². The van der Waals surface area contributed by atoms with E-state index in [2.05, 4.69) is 29.7 Å². The highest BCUT2D eigenvalue weighted by molar-refractivity contribution is 7.18. The van der Waals surface area contributed by atoms with Gasteiger partial charge >= 0.3 is 0 Å². The summed E-state index contributed by atoms with van der Waals surface area (Å²) in [6.45, 7) is 2.08. The van der Waals surface area contributed by atoms with E-state index in [1.165, 1.54) is 4.88 Å². The number of para-hydroxylation sites is 2. The number of aromatic hydroxyl groups is 1. The van der Waals surface area contributed by atoms with E-state index in [4.69, 9.17) is 4.98 Å². The topological polar surface area (TPSA) is 38.1 Å². The maximum Gasteiger partial charge on any atom is 0.150 e. The summed E-state index contributed by atoms with van der Waals surface area (Å²) in [4.78, 5) is 6.98. The minimum atomic E-state index is 0.244. The molecule has 1 N–H and O–H groups in total. The van der Waals surface area contributed by atoms with Crippen molar-refractivity contribution in [3.05, 3.63) is 65.5 Å². The Hall–Kier alpha value is -2.59. The van der Waals surface area contributed by atoms with Gasteiger partial charge in [-0.25, -0.2) is 4.98 Å². The van der Waals surface area contributed by atoms with Gasteiger partial charge in [-0.15, -0.1) is 11.3 Å². The van der Waals surface area contributed by atoms with Gasteiger partial charge in [0.1, 0.15) is 10.6 Å². The molecule has 108 valence electrons. The Morgan fingerprint density at radius 3 is 2.50 bits per heavy atom. The predicted molar refractivity (Wildman–Crippen MR) is 90.8 cm³/mol. The molecule has 0 unspecified atom stereocenters. The first kappa shape index (κ1) is 13.1. The number of hydrogen-bond donors (Lipinski definition) is 1. The van der Waals surface area contributed by atoms with Gasteiger partial charge in [-0.05, 0) is 37.3 Å². The summed E-state index contributed by atoms with van der Waals surface area (Å²) < 4.78 is 2.11. The van der Waals surface area contributed by atoms with Crippen LogP contribution in [0.3, 0.4) is 0 Å². The minimum absolute atomic E-state index is 0.244. The molecule has 3 nitrogen and oxygen atoms in total. The van der Waals surface area contributed by atoms with Crippen molar-refractivity contribution >= 4 is 21.7 Å². The highest BCUT2D eigenvalue weighted by atomic mass is 32.1. The van der Waals surface area contributed by atoms with E-state index in [1.54, 1.807) is 17.4 Å². The lowest BCUT2D eigenvalue weighted by Gasteiger charge is -2.10. The summed E-state index contributed by atoms with van der Waals surface area (Å²) in [6.07, 6.45) is 0. The lowest BCUT2D eigenvalue weighted by Crippen LogP contribution is -1.97. The lowest BCUT2D eigenvalue weighted by molar-refractivity contribution is 0.477. The molecule has 0 fully saturated rings. The predicted octanol–water partition coefficient (Wildman–Crippen LogP) is 4.77. The number of nitrogens with zero attached hydrogens (tertiary/aromatic N) is 2. The Bertz CT molecular complexity index is 954. The van der Waals surface area contributed by atoms with Gasteiger partial charge in [-0.3, -0.25) is 4.57 Å². The summed E-state index contributed by atoms with van der Waals surface area (Å²) in [5.74, 6) is 1.01. The molecule has 4 heteroatoms. The normalized spacial score (nSPS) is 11.1. The van der Waals surface area contributed by atoms with Crippen molar-refractivity contribution in [3.63, 3.8) is 0 Å². The number of hydrogen-bond acceptors (Lipinski definition) is 3. The van der Waals surface area contributed by atoms with Crippen LogP contribution < -0.4 is 0 Å². The van der Waals surface area contributed by atoms with Crippen LogP contribution in [0.15, 0.2) is 60.7 Å². The highest BCUT2D eigenvalue weighted by Gasteiger charge is 2.18. The Kier molecular flexibility index (Phi) is 2.98. The fourth-order valence-electron chi connectivity index (χ4n) is 2.67. The van der Waals surface area contributed by atoms with E-state index in [0.29, 0.717) is 0 Å². The minimum Gasteiger partial charge on any atom is -0.507 e. The molecule has 0 amide bonds. The van der Waals surface area contributed by atoms with Gasteiger partial charge in [0.2, 0.25) is 0 Å². The van der Waals surface area contributed by atoms with Crippen LogP contribution >= 0.6 is 11.3 Å². The fraction of sp³-hybridized carbons (Fsp3) is 0.0556. The molecule has 2 aromatic carbocycles. The van der Waals surface area contributed by atoms with E-state index >= 15 is 0 Å². The Balaban J connectivity index is 2.07. The number of aromatic nitrogens is 2. The molecule has 0 saturated carbocycles. The Morgan fingerprint density at radius 2 is 1.73 bits per heavy atom. The van der Waals surface area contributed by atoms with Crippen LogP contribution in [0.25, 0.3) is 27.4 Å². The molecule has 22 heavy (non-hydrogen) atoms. The Morgan fingerprint density at radius 1 is 1.00 bits per heavy atom. The lowest BCUT2D eigenvalue weighted by atomic mass is 10.2. The first-order valence-corrected chi connectivity index (χ1v) is 7.88. The molecule has 4 rings (SSSR count). The Labute approximate surface area is 132 Å². The molecular weight excluding hydrogens is 292 g/mol. The van der Waals surface area contributed by atoms with Crippen molar-refractivity contribution in [2.24, 2.45) is 0 Å². The number of phenolic OH excluding ortho intramolecular Hbond substituents is 1. The molecule has 0 bridgehead atoms. The van der Waals surface area contributed by atoms with Crippen LogP contribution in [0.5, 0.6) is 5.75 Å². The van der Waals surface area contributed by atoms with Crippen molar-refractivity contribution in [1.82, 2.24) is 9.55 Å². The molecule has 0 spiro atoms. The summed E-state index contributed by atoms with van der Waals surface area (Å²) in [5.41, 5.74) is 2.86. The quantitative estimate of drug-likeness (QED) is 0.579. The first-order valence-electron chi connectivity index (χ1n) is 7.07. The van der Waals surface area contributed by atoms with Gasteiger partial charge in [0.05, 0.1) is 11.1 Å². The van der Waals surface area contributed by atoms with Crippen molar-refractivity contribution in [2.45, 2.75) is 6.92 Å². The zero-order chi connectivity index (χ0) is 15.1. The number of benzene rings is 2. The van der Waals surface area contributed by atoms with E-state index < -0.39 is 0 Å². The largest absolute Gasteiger partial charge is 0.507 e. The molecule has 0 saturated heterocycles. The maximum absolute atomic E-state index is 10.2. The van der Waals surface area contributed by atoms with E-state index in [9.17, 15) is 5.11 Å². The number of aryl methyl sites for hydroxylation is 1. The van der Waals surface area contributed by atoms with Crippen LogP contribution in [0.2, 0.25) is 0 Å². The smallest absolute Gasteiger partial charge is 0.150 e. The highest BCUT2D eigenvalue weighted by Crippen LogP contribution is 2.36. The van der Waals surface area contributed by atoms with Crippen LogP contribution in [-0.4, -0.2) is 14.7 Å². The number of fused-ring (bicyclic) bond motifs is 1. The maximum atomic E-state index is 10.2. The second-order valence-electron chi connectivity index (χ2n) is 5.17. The van der Waals surface area contributed by atoms with Crippen molar-refractivity contribution in [1.29, 1.82) is 0 Å². The van der Waals surface area contributed by atoms with E-state index in [1.807, 2.05) is 36.4 Å². The standard InChI is InChI=1S/C18H14N2OS/c1-12-11-15-18(22-12)19-17(14-9-5-6-10-16(14)21)20(15)13-7-3-2-4-8-13/h2-11,21H,1H3. The van der Waals surface area contributed by atoms with Gasteiger partial charge in [0, 0.05) is 10.6 Å². The molecule has 2 heterocycles. The van der Waals surface area contributed by atoms with Gasteiger partial charge in [0.25, 0.3) is 0 Å². The molecule has 0 aliphatic heterocycles. The molecule has 0 aliphatic carbocycles. The van der Waals surface area contributed by atoms with Gasteiger partial charge < -0.3 is 5.11 Å². The molecule has 0 atom stereocenters. The van der Waals surface area contributed by atoms with Crippen molar-refractivity contribution in [3.8, 4) is 22.8 Å². The molecule has 2 aromatic heterocycles. The van der Waals surface area contributed by atoms with E-state index in [0.717, 1.165) is 27.4 Å². The fourth-order valence-corrected chi connectivity index (χ4v) is 3.53. The average Bonchev–Trinajstić information content (AvgIpc) is 3.04. The van der Waals surface area contributed by atoms with Crippen molar-refractivity contribution < 1.29 is 5.11 Å². The third-order valence-electron chi connectivity index (χ3n) is 3.64. The number of imidazole rings is 1. The monoisotopic (exact) mass is 306 g/mol. The zero-order valence-electron chi connectivity index (χ0n) is 12.0. The van der Waals surface area contributed by atoms with Gasteiger partial charge in [-0.1, -0.05) is 30.3 Å². The first-order chi connectivity index (χ1) is 10.7. The van der Waals surface area contributed by atoms with Gasteiger partial charge in [0.15, 0.2) is 5.82 Å². The summed E-state index contributed by atoms with van der Waals surface area (Å²) in [6, 6.07) is 19.6. The zero-order valence-corrected chi connectivity index (χ0v) is 12.8. The molecule has 0 aliphatic rings. The number of phenols is 1. The second kappa shape index (κ2) is 5.00. The van der Waals surface area contributed by atoms with Gasteiger partial charge in [-0.2, -0.15) is 0 Å².